The fraction of sp³-hybridized carbons (Fsp3) is 0.750. The van der Waals surface area contributed by atoms with Gasteiger partial charge in [0.15, 0.2) is 0 Å². The Kier molecular flexibility index (Phi) is 4.74. The van der Waals surface area contributed by atoms with Crippen molar-refractivity contribution in [2.24, 2.45) is 0 Å². The van der Waals surface area contributed by atoms with E-state index in [-0.39, 0.29) is 12.6 Å². The number of nitrogens with zero attached hydrogens (tertiary/aromatic N) is 1. The van der Waals surface area contributed by atoms with E-state index < -0.39 is 23.6 Å². The molecule has 0 radical (unpaired) electrons. The molecule has 0 aromatic rings. The molecule has 0 atom stereocenters. The van der Waals surface area contributed by atoms with Crippen molar-refractivity contribution in [1.29, 1.82) is 0 Å². The number of likely N-dealkylation sites (tertiary alicyclic amines) is 1. The lowest BCUT2D eigenvalue weighted by Crippen LogP contribution is -2.62. The van der Waals surface area contributed by atoms with E-state index in [2.05, 4.69) is 10.1 Å². The zero-order chi connectivity index (χ0) is 14.6. The van der Waals surface area contributed by atoms with Crippen LogP contribution in [0, 0.1) is 0 Å². The second-order valence-corrected chi connectivity index (χ2v) is 5.28. The third-order valence-electron chi connectivity index (χ3n) is 2.33. The molecule has 108 valence electrons. The number of nitrogens with one attached hydrogen (secondary N) is 1. The lowest BCUT2D eigenvalue weighted by atomic mass is 10.1. The number of carbonyl (C=O) groups is 3. The van der Waals surface area contributed by atoms with E-state index in [9.17, 15) is 14.4 Å². The first-order valence-corrected chi connectivity index (χ1v) is 6.18. The maximum absolute atomic E-state index is 11.6. The van der Waals surface area contributed by atoms with Gasteiger partial charge in [-0.05, 0) is 27.7 Å². The maximum Gasteiger partial charge on any atom is 0.410 e. The second kappa shape index (κ2) is 5.90. The smallest absolute Gasteiger partial charge is 0.410 e. The van der Waals surface area contributed by atoms with Gasteiger partial charge in [-0.15, -0.1) is 0 Å². The molecule has 0 aromatic heterocycles. The Balaban J connectivity index is 2.29. The molecule has 1 fully saturated rings. The predicted molar refractivity (Wildman–Crippen MR) is 66.4 cm³/mol. The van der Waals surface area contributed by atoms with Crippen LogP contribution in [0.4, 0.5) is 4.79 Å². The van der Waals surface area contributed by atoms with E-state index in [0.29, 0.717) is 13.1 Å². The van der Waals surface area contributed by atoms with Gasteiger partial charge >= 0.3 is 18.0 Å². The van der Waals surface area contributed by atoms with Crippen LogP contribution < -0.4 is 5.32 Å². The van der Waals surface area contributed by atoms with Gasteiger partial charge in [-0.3, -0.25) is 4.79 Å². The Morgan fingerprint density at radius 2 is 1.84 bits per heavy atom. The molecular formula is C12H20N2O5. The maximum atomic E-state index is 11.6. The SMILES string of the molecule is CCOC(=O)C(=O)NC1CN(C(=O)OC(C)(C)C)C1. The summed E-state index contributed by atoms with van der Waals surface area (Å²) in [6.07, 6.45) is -0.422. The summed E-state index contributed by atoms with van der Waals surface area (Å²) in [5.74, 6) is -1.69. The standard InChI is InChI=1S/C12H20N2O5/c1-5-18-10(16)9(15)13-8-6-14(7-8)11(17)19-12(2,3)4/h8H,5-7H2,1-4H3,(H,13,15). The van der Waals surface area contributed by atoms with Crippen molar-refractivity contribution in [2.45, 2.75) is 39.3 Å². The number of carbonyl (C=O) groups excluding carboxylic acids is 3. The molecule has 1 heterocycles. The summed E-state index contributed by atoms with van der Waals surface area (Å²) >= 11 is 0. The quantitative estimate of drug-likeness (QED) is 0.576. The molecule has 19 heavy (non-hydrogen) atoms. The zero-order valence-electron chi connectivity index (χ0n) is 11.7. The average Bonchev–Trinajstić information content (AvgIpc) is 2.19. The number of hydrogen-bond donors (Lipinski definition) is 1. The molecular weight excluding hydrogens is 252 g/mol. The van der Waals surface area contributed by atoms with Crippen LogP contribution in [0.5, 0.6) is 0 Å². The Morgan fingerprint density at radius 1 is 1.26 bits per heavy atom. The van der Waals surface area contributed by atoms with Gasteiger partial charge in [0.1, 0.15) is 5.60 Å². The topological polar surface area (TPSA) is 84.9 Å². The van der Waals surface area contributed by atoms with Crippen LogP contribution >= 0.6 is 0 Å². The average molecular weight is 272 g/mol. The van der Waals surface area contributed by atoms with E-state index >= 15 is 0 Å². The van der Waals surface area contributed by atoms with Crippen LogP contribution in [0.2, 0.25) is 0 Å². The van der Waals surface area contributed by atoms with E-state index in [1.165, 1.54) is 4.90 Å². The molecule has 1 N–H and O–H groups in total. The van der Waals surface area contributed by atoms with Crippen molar-refractivity contribution in [3.63, 3.8) is 0 Å². The molecule has 7 heteroatoms. The van der Waals surface area contributed by atoms with E-state index in [1.807, 2.05) is 0 Å². The van der Waals surface area contributed by atoms with Crippen molar-refractivity contribution in [2.75, 3.05) is 19.7 Å². The highest BCUT2D eigenvalue weighted by Crippen LogP contribution is 2.15. The van der Waals surface area contributed by atoms with Crippen LogP contribution in [0.3, 0.4) is 0 Å². The summed E-state index contributed by atoms with van der Waals surface area (Å²) in [7, 11) is 0. The lowest BCUT2D eigenvalue weighted by Gasteiger charge is -2.39. The number of amides is 2. The predicted octanol–water partition coefficient (Wildman–Crippen LogP) is 0.285. The first-order valence-electron chi connectivity index (χ1n) is 6.18. The van der Waals surface area contributed by atoms with Gasteiger partial charge in [0.25, 0.3) is 0 Å². The molecule has 1 saturated heterocycles. The van der Waals surface area contributed by atoms with E-state index in [1.54, 1.807) is 27.7 Å². The van der Waals surface area contributed by atoms with Gasteiger partial charge in [0, 0.05) is 13.1 Å². The number of ether oxygens (including phenoxy) is 2. The Morgan fingerprint density at radius 3 is 2.32 bits per heavy atom. The summed E-state index contributed by atoms with van der Waals surface area (Å²) < 4.78 is 9.72. The summed E-state index contributed by atoms with van der Waals surface area (Å²) in [6.45, 7) is 7.79. The minimum atomic E-state index is -0.904. The molecule has 1 rings (SSSR count). The van der Waals surface area contributed by atoms with Crippen molar-refractivity contribution in [3.8, 4) is 0 Å². The summed E-state index contributed by atoms with van der Waals surface area (Å²) in [5, 5.41) is 2.49. The number of esters is 1. The van der Waals surface area contributed by atoms with Crippen LogP contribution in [0.25, 0.3) is 0 Å². The van der Waals surface area contributed by atoms with Crippen LogP contribution in [0.15, 0.2) is 0 Å². The highest BCUT2D eigenvalue weighted by Gasteiger charge is 2.35. The Hall–Kier alpha value is -1.79. The van der Waals surface area contributed by atoms with Crippen LogP contribution in [-0.2, 0) is 19.1 Å². The zero-order valence-corrected chi connectivity index (χ0v) is 11.7. The molecule has 2 amide bonds. The second-order valence-electron chi connectivity index (χ2n) is 5.28. The van der Waals surface area contributed by atoms with Gasteiger partial charge in [0.05, 0.1) is 12.6 Å². The molecule has 0 saturated carbocycles. The normalized spacial score (nSPS) is 15.5. The monoisotopic (exact) mass is 272 g/mol. The third-order valence-corrected chi connectivity index (χ3v) is 2.33. The van der Waals surface area contributed by atoms with Gasteiger partial charge in [-0.1, -0.05) is 0 Å². The summed E-state index contributed by atoms with van der Waals surface area (Å²) in [5.41, 5.74) is -0.545. The first-order chi connectivity index (χ1) is 8.73. The summed E-state index contributed by atoms with van der Waals surface area (Å²) in [4.78, 5) is 35.5. The Labute approximate surface area is 112 Å². The highest BCUT2D eigenvalue weighted by atomic mass is 16.6. The Bertz CT molecular complexity index is 369. The van der Waals surface area contributed by atoms with Crippen LogP contribution in [0.1, 0.15) is 27.7 Å². The van der Waals surface area contributed by atoms with Crippen molar-refractivity contribution >= 4 is 18.0 Å². The first kappa shape index (κ1) is 15.3. The lowest BCUT2D eigenvalue weighted by molar-refractivity contribution is -0.155. The van der Waals surface area contributed by atoms with Crippen LogP contribution in [-0.4, -0.2) is 54.2 Å². The third kappa shape index (κ3) is 4.76. The minimum Gasteiger partial charge on any atom is -0.459 e. The summed E-state index contributed by atoms with van der Waals surface area (Å²) in [6, 6.07) is -0.232. The van der Waals surface area contributed by atoms with Gasteiger partial charge < -0.3 is 19.7 Å². The van der Waals surface area contributed by atoms with Crippen molar-refractivity contribution in [3.05, 3.63) is 0 Å². The fourth-order valence-electron chi connectivity index (χ4n) is 1.49. The van der Waals surface area contributed by atoms with Crippen molar-refractivity contribution < 1.29 is 23.9 Å². The highest BCUT2D eigenvalue weighted by molar-refractivity contribution is 6.32. The minimum absolute atomic E-state index is 0.154. The molecule has 0 aromatic carbocycles. The number of rotatable bonds is 2. The fourth-order valence-corrected chi connectivity index (χ4v) is 1.49. The van der Waals surface area contributed by atoms with E-state index in [4.69, 9.17) is 4.74 Å². The van der Waals surface area contributed by atoms with Crippen molar-refractivity contribution in [1.82, 2.24) is 10.2 Å². The molecule has 1 aliphatic heterocycles. The molecule has 0 bridgehead atoms. The van der Waals surface area contributed by atoms with Gasteiger partial charge in [-0.2, -0.15) is 0 Å². The number of hydrogen-bond acceptors (Lipinski definition) is 5. The van der Waals surface area contributed by atoms with Gasteiger partial charge in [-0.25, -0.2) is 9.59 Å². The van der Waals surface area contributed by atoms with Gasteiger partial charge in [0.2, 0.25) is 0 Å². The molecule has 0 unspecified atom stereocenters. The molecule has 0 spiro atoms. The van der Waals surface area contributed by atoms with E-state index in [0.717, 1.165) is 0 Å². The molecule has 1 aliphatic rings. The largest absolute Gasteiger partial charge is 0.459 e. The molecule has 0 aliphatic carbocycles. The molecule has 7 nitrogen and oxygen atoms in total.